The summed E-state index contributed by atoms with van der Waals surface area (Å²) in [4.78, 5) is 4.51. The van der Waals surface area contributed by atoms with Crippen LogP contribution < -0.4 is 0 Å². The lowest BCUT2D eigenvalue weighted by Crippen LogP contribution is -1.77. The fraction of sp³-hybridized carbons (Fsp3) is 0. The van der Waals surface area contributed by atoms with Crippen LogP contribution in [0.25, 0.3) is 20.8 Å². The average Bonchev–Trinajstić information content (AvgIpc) is 2.72. The van der Waals surface area contributed by atoms with E-state index in [1.54, 1.807) is 6.07 Å². The lowest BCUT2D eigenvalue weighted by Gasteiger charge is -1.97. The first-order valence-corrected chi connectivity index (χ1v) is 6.66. The second kappa shape index (κ2) is 4.20. The van der Waals surface area contributed by atoms with Gasteiger partial charge in [0.05, 0.1) is 10.2 Å². The molecule has 2 aromatic carbocycles. The second-order valence-corrected chi connectivity index (χ2v) is 5.50. The van der Waals surface area contributed by atoms with E-state index in [4.69, 9.17) is 0 Å². The Morgan fingerprint density at radius 2 is 1.94 bits per heavy atom. The third-order valence-electron chi connectivity index (χ3n) is 2.45. The topological polar surface area (TPSA) is 12.9 Å². The van der Waals surface area contributed by atoms with Crippen molar-refractivity contribution >= 4 is 37.5 Å². The van der Waals surface area contributed by atoms with Crippen LogP contribution in [0.1, 0.15) is 0 Å². The summed E-state index contributed by atoms with van der Waals surface area (Å²) < 4.78 is 15.0. The lowest BCUT2D eigenvalue weighted by molar-refractivity contribution is 0.630. The highest BCUT2D eigenvalue weighted by molar-refractivity contribution is 9.10. The predicted octanol–water partition coefficient (Wildman–Crippen LogP) is 4.86. The predicted molar refractivity (Wildman–Crippen MR) is 72.7 cm³/mol. The molecule has 0 aliphatic rings. The van der Waals surface area contributed by atoms with Gasteiger partial charge in [0.1, 0.15) is 10.8 Å². The number of nitrogens with zero attached hydrogens (tertiary/aromatic N) is 1. The number of hydrogen-bond acceptors (Lipinski definition) is 2. The molecule has 0 N–H and O–H groups in total. The Balaban J connectivity index is 2.22. The molecule has 3 aromatic rings. The van der Waals surface area contributed by atoms with E-state index in [0.29, 0.717) is 0 Å². The Morgan fingerprint density at radius 1 is 1.12 bits per heavy atom. The number of benzene rings is 2. The van der Waals surface area contributed by atoms with E-state index in [1.807, 2.05) is 24.3 Å². The molecule has 1 heterocycles. The second-order valence-electron chi connectivity index (χ2n) is 3.61. The SMILES string of the molecule is Fc1ccc2nc(-c3ccccc3Br)sc2c1. The van der Waals surface area contributed by atoms with Crippen molar-refractivity contribution in [1.29, 1.82) is 0 Å². The maximum Gasteiger partial charge on any atom is 0.125 e. The highest BCUT2D eigenvalue weighted by Crippen LogP contribution is 2.34. The van der Waals surface area contributed by atoms with Crippen LogP contribution in [0.5, 0.6) is 0 Å². The minimum atomic E-state index is -0.222. The van der Waals surface area contributed by atoms with Crippen molar-refractivity contribution in [2.24, 2.45) is 0 Å². The zero-order valence-electron chi connectivity index (χ0n) is 8.65. The molecular formula is C13H7BrFNS. The first kappa shape index (κ1) is 10.9. The van der Waals surface area contributed by atoms with E-state index in [0.717, 1.165) is 25.3 Å². The Morgan fingerprint density at radius 3 is 2.76 bits per heavy atom. The minimum absolute atomic E-state index is 0.222. The fourth-order valence-corrected chi connectivity index (χ4v) is 3.28. The van der Waals surface area contributed by atoms with Crippen LogP contribution in [-0.4, -0.2) is 4.98 Å². The number of rotatable bonds is 1. The molecule has 0 bridgehead atoms. The fourth-order valence-electron chi connectivity index (χ4n) is 1.65. The van der Waals surface area contributed by atoms with Gasteiger partial charge in [-0.3, -0.25) is 0 Å². The minimum Gasteiger partial charge on any atom is -0.236 e. The summed E-state index contributed by atoms with van der Waals surface area (Å²) in [7, 11) is 0. The number of thiazole rings is 1. The molecule has 0 spiro atoms. The van der Waals surface area contributed by atoms with E-state index in [9.17, 15) is 4.39 Å². The van der Waals surface area contributed by atoms with Crippen molar-refractivity contribution < 1.29 is 4.39 Å². The van der Waals surface area contributed by atoms with Gasteiger partial charge < -0.3 is 0 Å². The third-order valence-corrected chi connectivity index (χ3v) is 4.20. The van der Waals surface area contributed by atoms with Crippen LogP contribution in [0.2, 0.25) is 0 Å². The van der Waals surface area contributed by atoms with Gasteiger partial charge in [0, 0.05) is 10.0 Å². The number of hydrogen-bond donors (Lipinski definition) is 0. The standard InChI is InChI=1S/C13H7BrFNS/c14-10-4-2-1-3-9(10)13-16-11-6-5-8(15)7-12(11)17-13/h1-7H. The number of aromatic nitrogens is 1. The summed E-state index contributed by atoms with van der Waals surface area (Å²) in [6.07, 6.45) is 0. The maximum absolute atomic E-state index is 13.1. The van der Waals surface area contributed by atoms with E-state index in [-0.39, 0.29) is 5.82 Å². The molecule has 0 radical (unpaired) electrons. The van der Waals surface area contributed by atoms with Gasteiger partial charge >= 0.3 is 0 Å². The highest BCUT2D eigenvalue weighted by atomic mass is 79.9. The van der Waals surface area contributed by atoms with Gasteiger partial charge in [-0.2, -0.15) is 0 Å². The molecule has 0 saturated carbocycles. The quantitative estimate of drug-likeness (QED) is 0.625. The summed E-state index contributed by atoms with van der Waals surface area (Å²) in [6.45, 7) is 0. The molecule has 4 heteroatoms. The van der Waals surface area contributed by atoms with Gasteiger partial charge in [0.25, 0.3) is 0 Å². The Kier molecular flexibility index (Phi) is 2.68. The largest absolute Gasteiger partial charge is 0.236 e. The average molecular weight is 308 g/mol. The highest BCUT2D eigenvalue weighted by Gasteiger charge is 2.09. The van der Waals surface area contributed by atoms with Crippen molar-refractivity contribution in [3.63, 3.8) is 0 Å². The molecule has 0 aliphatic heterocycles. The summed E-state index contributed by atoms with van der Waals surface area (Å²) >= 11 is 4.99. The van der Waals surface area contributed by atoms with Crippen molar-refractivity contribution in [2.45, 2.75) is 0 Å². The lowest BCUT2D eigenvalue weighted by atomic mass is 10.2. The summed E-state index contributed by atoms with van der Waals surface area (Å²) in [6, 6.07) is 12.6. The van der Waals surface area contributed by atoms with Gasteiger partial charge in [-0.15, -0.1) is 11.3 Å². The molecule has 0 atom stereocenters. The van der Waals surface area contributed by atoms with Gasteiger partial charge in [0.15, 0.2) is 0 Å². The van der Waals surface area contributed by atoms with Crippen LogP contribution in [0.4, 0.5) is 4.39 Å². The molecule has 17 heavy (non-hydrogen) atoms. The van der Waals surface area contributed by atoms with E-state index in [2.05, 4.69) is 20.9 Å². The van der Waals surface area contributed by atoms with Crippen LogP contribution >= 0.6 is 27.3 Å². The van der Waals surface area contributed by atoms with Gasteiger partial charge in [-0.1, -0.05) is 34.1 Å². The summed E-state index contributed by atoms with van der Waals surface area (Å²) in [5, 5.41) is 0.901. The first-order chi connectivity index (χ1) is 8.24. The van der Waals surface area contributed by atoms with Crippen LogP contribution in [-0.2, 0) is 0 Å². The Hall–Kier alpha value is -1.26. The van der Waals surface area contributed by atoms with Gasteiger partial charge in [-0.25, -0.2) is 9.37 Å². The third kappa shape index (κ3) is 1.98. The monoisotopic (exact) mass is 307 g/mol. The summed E-state index contributed by atoms with van der Waals surface area (Å²) in [5.74, 6) is -0.222. The molecular weight excluding hydrogens is 301 g/mol. The summed E-state index contributed by atoms with van der Waals surface area (Å²) in [5.41, 5.74) is 1.87. The van der Waals surface area contributed by atoms with E-state index < -0.39 is 0 Å². The zero-order chi connectivity index (χ0) is 11.8. The Labute approximate surface area is 110 Å². The molecule has 0 amide bonds. The van der Waals surface area contributed by atoms with Gasteiger partial charge in [-0.05, 0) is 24.3 Å². The molecule has 0 fully saturated rings. The van der Waals surface area contributed by atoms with Crippen LogP contribution in [0.15, 0.2) is 46.9 Å². The van der Waals surface area contributed by atoms with E-state index >= 15 is 0 Å². The number of halogens is 2. The van der Waals surface area contributed by atoms with E-state index in [1.165, 1.54) is 23.5 Å². The zero-order valence-corrected chi connectivity index (χ0v) is 11.1. The van der Waals surface area contributed by atoms with Crippen molar-refractivity contribution in [1.82, 2.24) is 4.98 Å². The number of fused-ring (bicyclic) bond motifs is 1. The Bertz CT molecular complexity index is 693. The van der Waals surface area contributed by atoms with Crippen molar-refractivity contribution in [3.8, 4) is 10.6 Å². The molecule has 3 rings (SSSR count). The maximum atomic E-state index is 13.1. The molecule has 1 nitrogen and oxygen atoms in total. The molecule has 84 valence electrons. The first-order valence-electron chi connectivity index (χ1n) is 5.05. The van der Waals surface area contributed by atoms with Crippen LogP contribution in [0, 0.1) is 5.82 Å². The van der Waals surface area contributed by atoms with Crippen LogP contribution in [0.3, 0.4) is 0 Å². The molecule has 0 saturated heterocycles. The normalized spacial score (nSPS) is 10.9. The smallest absolute Gasteiger partial charge is 0.125 e. The molecule has 0 unspecified atom stereocenters. The van der Waals surface area contributed by atoms with Crippen molar-refractivity contribution in [2.75, 3.05) is 0 Å². The molecule has 0 aliphatic carbocycles. The molecule has 1 aromatic heterocycles. The van der Waals surface area contributed by atoms with Crippen molar-refractivity contribution in [3.05, 3.63) is 52.8 Å². The van der Waals surface area contributed by atoms with Gasteiger partial charge in [0.2, 0.25) is 0 Å².